The molecule has 164 valence electrons. The molecule has 0 heterocycles. The number of ether oxygens (including phenoxy) is 2. The summed E-state index contributed by atoms with van der Waals surface area (Å²) in [5.74, 6) is 0.843. The number of rotatable bonds is 10. The van der Waals surface area contributed by atoms with Gasteiger partial charge in [-0.1, -0.05) is 13.0 Å². The van der Waals surface area contributed by atoms with Crippen LogP contribution in [0.15, 0.2) is 48.5 Å². The normalized spacial score (nSPS) is 12.3. The first-order valence-corrected chi connectivity index (χ1v) is 11.8. The van der Waals surface area contributed by atoms with Crippen molar-refractivity contribution in [3.05, 3.63) is 48.5 Å². The van der Waals surface area contributed by atoms with E-state index in [0.717, 1.165) is 10.6 Å². The van der Waals surface area contributed by atoms with Crippen LogP contribution in [0.4, 0.5) is 11.4 Å². The van der Waals surface area contributed by atoms with Crippen molar-refractivity contribution >= 4 is 27.3 Å². The first-order valence-electron chi connectivity index (χ1n) is 9.95. The summed E-state index contributed by atoms with van der Waals surface area (Å²) >= 11 is 0. The van der Waals surface area contributed by atoms with Gasteiger partial charge in [-0.15, -0.1) is 0 Å². The Morgan fingerprint density at radius 3 is 2.27 bits per heavy atom. The number of sulfonamides is 1. The van der Waals surface area contributed by atoms with Gasteiger partial charge in [0.1, 0.15) is 17.5 Å². The summed E-state index contributed by atoms with van der Waals surface area (Å²) < 4.78 is 37.4. The Morgan fingerprint density at radius 2 is 1.73 bits per heavy atom. The third kappa shape index (κ3) is 6.38. The lowest BCUT2D eigenvalue weighted by molar-refractivity contribution is -0.117. The molecule has 0 spiro atoms. The molecule has 0 aliphatic rings. The molecule has 1 unspecified atom stereocenters. The highest BCUT2D eigenvalue weighted by molar-refractivity contribution is 7.92. The molecular weight excluding hydrogens is 404 g/mol. The minimum Gasteiger partial charge on any atom is -0.494 e. The van der Waals surface area contributed by atoms with Crippen LogP contribution < -0.4 is 19.1 Å². The van der Waals surface area contributed by atoms with Crippen LogP contribution in [0.25, 0.3) is 0 Å². The van der Waals surface area contributed by atoms with Gasteiger partial charge in [-0.05, 0) is 63.6 Å². The third-order valence-electron chi connectivity index (χ3n) is 4.21. The van der Waals surface area contributed by atoms with E-state index in [-0.39, 0.29) is 6.10 Å². The van der Waals surface area contributed by atoms with Crippen LogP contribution in [-0.4, -0.2) is 39.3 Å². The smallest absolute Gasteiger partial charge is 0.248 e. The van der Waals surface area contributed by atoms with Crippen LogP contribution in [0.3, 0.4) is 0 Å². The molecule has 0 saturated carbocycles. The summed E-state index contributed by atoms with van der Waals surface area (Å²) in [5.41, 5.74) is 0.941. The van der Waals surface area contributed by atoms with E-state index in [0.29, 0.717) is 35.9 Å². The molecule has 0 fully saturated rings. The summed E-state index contributed by atoms with van der Waals surface area (Å²) in [4.78, 5) is 13.0. The van der Waals surface area contributed by atoms with Gasteiger partial charge in [0.2, 0.25) is 15.9 Å². The van der Waals surface area contributed by atoms with Crippen molar-refractivity contribution in [2.45, 2.75) is 46.3 Å². The molecule has 2 rings (SSSR count). The summed E-state index contributed by atoms with van der Waals surface area (Å²) in [7, 11) is -3.71. The zero-order valence-corrected chi connectivity index (χ0v) is 18.9. The fourth-order valence-electron chi connectivity index (χ4n) is 3.06. The van der Waals surface area contributed by atoms with Gasteiger partial charge in [0.15, 0.2) is 0 Å². The summed E-state index contributed by atoms with van der Waals surface area (Å²) in [6.45, 7) is 7.98. The van der Waals surface area contributed by atoms with Crippen molar-refractivity contribution in [1.29, 1.82) is 0 Å². The zero-order valence-electron chi connectivity index (χ0n) is 18.1. The molecule has 2 aromatic rings. The number of anilines is 2. The molecule has 1 amide bonds. The fraction of sp³-hybridized carbons (Fsp3) is 0.409. The molecule has 0 aliphatic carbocycles. The van der Waals surface area contributed by atoms with E-state index in [9.17, 15) is 13.2 Å². The number of hydrogen-bond acceptors (Lipinski definition) is 5. The topological polar surface area (TPSA) is 84.9 Å². The Balaban J connectivity index is 2.29. The Hall–Kier alpha value is -2.74. The number of carbonyl (C=O) groups is 1. The van der Waals surface area contributed by atoms with Crippen molar-refractivity contribution in [2.24, 2.45) is 0 Å². The zero-order chi connectivity index (χ0) is 22.3. The summed E-state index contributed by atoms with van der Waals surface area (Å²) in [5, 5.41) is 2.81. The predicted octanol–water partition coefficient (Wildman–Crippen LogP) is 4.06. The predicted molar refractivity (Wildman–Crippen MR) is 120 cm³/mol. The van der Waals surface area contributed by atoms with Crippen LogP contribution >= 0.6 is 0 Å². The molecule has 30 heavy (non-hydrogen) atoms. The van der Waals surface area contributed by atoms with Crippen LogP contribution in [0.2, 0.25) is 0 Å². The second-order valence-corrected chi connectivity index (χ2v) is 8.95. The van der Waals surface area contributed by atoms with E-state index in [1.807, 2.05) is 20.8 Å². The van der Waals surface area contributed by atoms with Gasteiger partial charge in [-0.3, -0.25) is 9.10 Å². The number of nitrogens with zero attached hydrogens (tertiary/aromatic N) is 1. The average Bonchev–Trinajstić information content (AvgIpc) is 2.66. The monoisotopic (exact) mass is 434 g/mol. The fourth-order valence-corrected chi connectivity index (χ4v) is 4.27. The molecule has 7 nitrogen and oxygen atoms in total. The van der Waals surface area contributed by atoms with E-state index in [4.69, 9.17) is 9.47 Å². The number of benzene rings is 2. The van der Waals surface area contributed by atoms with E-state index < -0.39 is 22.0 Å². The van der Waals surface area contributed by atoms with Gasteiger partial charge in [0.05, 0.1) is 24.7 Å². The molecule has 0 aliphatic heterocycles. The molecule has 0 saturated heterocycles. The lowest BCUT2D eigenvalue weighted by Gasteiger charge is -2.30. The Bertz CT molecular complexity index is 942. The van der Waals surface area contributed by atoms with Gasteiger partial charge in [0, 0.05) is 11.8 Å². The molecule has 1 N–H and O–H groups in total. The first-order chi connectivity index (χ1) is 14.2. The highest BCUT2D eigenvalue weighted by Gasteiger charge is 2.31. The number of carbonyl (C=O) groups excluding carboxylic acids is 1. The molecule has 8 heteroatoms. The maximum atomic E-state index is 13.0. The summed E-state index contributed by atoms with van der Waals surface area (Å²) in [6.07, 6.45) is 1.39. The second kappa shape index (κ2) is 10.3. The van der Waals surface area contributed by atoms with Crippen LogP contribution in [-0.2, 0) is 14.8 Å². The second-order valence-electron chi connectivity index (χ2n) is 7.09. The van der Waals surface area contributed by atoms with Gasteiger partial charge in [-0.2, -0.15) is 0 Å². The van der Waals surface area contributed by atoms with Gasteiger partial charge >= 0.3 is 0 Å². The van der Waals surface area contributed by atoms with E-state index >= 15 is 0 Å². The number of nitrogens with one attached hydrogen (secondary N) is 1. The quantitative estimate of drug-likeness (QED) is 0.610. The molecule has 0 radical (unpaired) electrons. The third-order valence-corrected chi connectivity index (χ3v) is 5.39. The average molecular weight is 435 g/mol. The maximum absolute atomic E-state index is 13.0. The number of amides is 1. The van der Waals surface area contributed by atoms with E-state index in [2.05, 4.69) is 5.32 Å². The Kier molecular flexibility index (Phi) is 8.11. The standard InChI is InChI=1S/C22H30N2O5S/c1-6-21(22(25)23-17-9-8-10-20(15-17)29-16(3)4)24(30(5,26)27)18-11-13-19(14-12-18)28-7-2/h8-16,21H,6-7H2,1-5H3,(H,23,25). The van der Waals surface area contributed by atoms with Crippen molar-refractivity contribution in [2.75, 3.05) is 22.5 Å². The van der Waals surface area contributed by atoms with E-state index in [1.54, 1.807) is 55.5 Å². The number of hydrogen-bond donors (Lipinski definition) is 1. The highest BCUT2D eigenvalue weighted by atomic mass is 32.2. The lowest BCUT2D eigenvalue weighted by Crippen LogP contribution is -2.47. The molecule has 0 bridgehead atoms. The summed E-state index contributed by atoms with van der Waals surface area (Å²) in [6, 6.07) is 12.8. The molecule has 2 aromatic carbocycles. The molecule has 0 aromatic heterocycles. The minimum absolute atomic E-state index is 0.000253. The van der Waals surface area contributed by atoms with Crippen LogP contribution in [0.5, 0.6) is 11.5 Å². The SMILES string of the molecule is CCOc1ccc(N(C(CC)C(=O)Nc2cccc(OC(C)C)c2)S(C)(=O)=O)cc1. The minimum atomic E-state index is -3.71. The first kappa shape index (κ1) is 23.5. The van der Waals surface area contributed by atoms with Crippen molar-refractivity contribution < 1.29 is 22.7 Å². The van der Waals surface area contributed by atoms with E-state index in [1.165, 1.54) is 0 Å². The van der Waals surface area contributed by atoms with Crippen molar-refractivity contribution in [3.8, 4) is 11.5 Å². The molecular formula is C22H30N2O5S. The lowest BCUT2D eigenvalue weighted by atomic mass is 10.1. The van der Waals surface area contributed by atoms with Gasteiger partial charge in [-0.25, -0.2) is 8.42 Å². The largest absolute Gasteiger partial charge is 0.494 e. The van der Waals surface area contributed by atoms with Crippen molar-refractivity contribution in [1.82, 2.24) is 0 Å². The van der Waals surface area contributed by atoms with Gasteiger partial charge < -0.3 is 14.8 Å². The van der Waals surface area contributed by atoms with Gasteiger partial charge in [0.25, 0.3) is 0 Å². The van der Waals surface area contributed by atoms with Crippen molar-refractivity contribution in [3.63, 3.8) is 0 Å². The maximum Gasteiger partial charge on any atom is 0.248 e. The highest BCUT2D eigenvalue weighted by Crippen LogP contribution is 2.26. The van der Waals surface area contributed by atoms with Crippen LogP contribution in [0.1, 0.15) is 34.1 Å². The Labute approximate surface area is 179 Å². The van der Waals surface area contributed by atoms with Crippen LogP contribution in [0, 0.1) is 0 Å². The Morgan fingerprint density at radius 1 is 1.07 bits per heavy atom. The molecule has 1 atom stereocenters.